The average molecular weight is 1220 g/mol. The lowest BCUT2D eigenvalue weighted by atomic mass is 9.97. The van der Waals surface area contributed by atoms with Gasteiger partial charge in [-0.25, -0.2) is 0 Å². The van der Waals surface area contributed by atoms with Crippen molar-refractivity contribution in [2.24, 2.45) is 0 Å². The highest BCUT2D eigenvalue weighted by atomic mass is 16.7. The summed E-state index contributed by atoms with van der Waals surface area (Å²) in [5, 5.41) is 87.1. The Bertz CT molecular complexity index is 1540. The molecule has 12 unspecified atom stereocenters. The standard InChI is InChI=1S/C72H137NO13/c1-3-5-7-9-11-13-15-16-17-18-19-20-21-22-23-24-25-26-27-28-29-30-31-32-33-34-35-36-37-38-39-40-41-42-43-44-46-48-50-52-54-56-64(77)73-60(61(76)55-53-51-49-47-45-14-12-10-8-6-4-2)59-83-71-69(82)67(80)70(63(58-75)85-71)86-72-68(81)66(79)65(78)62(57-74)84-72/h45,47,53,55,60-63,65-72,74-76,78-82H,3-44,46,48-52,54,56-59H2,1-2H3,(H,73,77)/b47-45+,55-53+. The van der Waals surface area contributed by atoms with Gasteiger partial charge in [0.25, 0.3) is 0 Å². The fraction of sp³-hybridized carbons (Fsp3) is 0.931. The van der Waals surface area contributed by atoms with Gasteiger partial charge in [-0.15, -0.1) is 0 Å². The number of aliphatic hydroxyl groups excluding tert-OH is 8. The topological polar surface area (TPSA) is 228 Å². The molecule has 12 atom stereocenters. The SMILES string of the molecule is CCCCCCC/C=C/CC/C=C/C(O)C(COC1OC(CO)C(OC2OC(CO)C(O)C(O)C2O)C(O)C1O)NC(=O)CCCCCCCCCCCCCCCCCCCCCCCCCCCCCCCCCCCCCCCCCCC. The number of aliphatic hydroxyl groups is 8. The van der Waals surface area contributed by atoms with Gasteiger partial charge in [0.05, 0.1) is 32.0 Å². The zero-order valence-electron chi connectivity index (χ0n) is 55.3. The van der Waals surface area contributed by atoms with Crippen molar-refractivity contribution in [2.45, 2.75) is 408 Å². The third kappa shape index (κ3) is 41.1. The summed E-state index contributed by atoms with van der Waals surface area (Å²) in [5.74, 6) is -0.244. The van der Waals surface area contributed by atoms with Crippen molar-refractivity contribution in [3.63, 3.8) is 0 Å². The van der Waals surface area contributed by atoms with E-state index < -0.39 is 86.8 Å². The molecular formula is C72H137NO13. The maximum Gasteiger partial charge on any atom is 0.220 e. The molecule has 2 saturated heterocycles. The van der Waals surface area contributed by atoms with Gasteiger partial charge in [0, 0.05) is 6.42 Å². The molecule has 2 heterocycles. The molecule has 0 aromatic carbocycles. The van der Waals surface area contributed by atoms with E-state index in [0.29, 0.717) is 12.8 Å². The molecule has 0 aromatic heterocycles. The van der Waals surface area contributed by atoms with E-state index in [4.69, 9.17) is 18.9 Å². The van der Waals surface area contributed by atoms with Gasteiger partial charge in [-0.05, 0) is 32.1 Å². The molecule has 2 rings (SSSR count). The van der Waals surface area contributed by atoms with Crippen molar-refractivity contribution < 1.29 is 64.6 Å². The van der Waals surface area contributed by atoms with Crippen LogP contribution >= 0.6 is 0 Å². The molecule has 0 spiro atoms. The van der Waals surface area contributed by atoms with Crippen LogP contribution < -0.4 is 5.32 Å². The van der Waals surface area contributed by atoms with Crippen LogP contribution in [0.1, 0.15) is 335 Å². The Morgan fingerprint density at radius 1 is 0.407 bits per heavy atom. The molecular weight excluding hydrogens is 1090 g/mol. The Kier molecular flexibility index (Phi) is 53.7. The van der Waals surface area contributed by atoms with E-state index in [9.17, 15) is 45.6 Å². The van der Waals surface area contributed by atoms with Gasteiger partial charge in [-0.2, -0.15) is 0 Å². The van der Waals surface area contributed by atoms with Crippen LogP contribution in [0.4, 0.5) is 0 Å². The first-order valence-corrected chi connectivity index (χ1v) is 36.6. The van der Waals surface area contributed by atoms with E-state index in [-0.39, 0.29) is 18.9 Å². The number of amides is 1. The van der Waals surface area contributed by atoms with Gasteiger partial charge >= 0.3 is 0 Å². The van der Waals surface area contributed by atoms with Crippen molar-refractivity contribution in [1.82, 2.24) is 5.32 Å². The van der Waals surface area contributed by atoms with E-state index in [1.54, 1.807) is 6.08 Å². The summed E-state index contributed by atoms with van der Waals surface area (Å²) in [7, 11) is 0. The van der Waals surface area contributed by atoms with Gasteiger partial charge in [0.15, 0.2) is 12.6 Å². The Morgan fingerprint density at radius 3 is 1.14 bits per heavy atom. The highest BCUT2D eigenvalue weighted by Gasteiger charge is 2.51. The predicted molar refractivity (Wildman–Crippen MR) is 351 cm³/mol. The minimum Gasteiger partial charge on any atom is -0.394 e. The van der Waals surface area contributed by atoms with Crippen LogP contribution in [-0.4, -0.2) is 140 Å². The van der Waals surface area contributed by atoms with Gasteiger partial charge in [-0.1, -0.05) is 321 Å². The first kappa shape index (κ1) is 80.6. The van der Waals surface area contributed by atoms with Crippen LogP contribution in [0.25, 0.3) is 0 Å². The summed E-state index contributed by atoms with van der Waals surface area (Å²) in [6, 6.07) is -0.927. The van der Waals surface area contributed by atoms with Gasteiger partial charge in [-0.3, -0.25) is 4.79 Å². The Hall–Kier alpha value is -1.53. The van der Waals surface area contributed by atoms with Crippen LogP contribution in [0, 0.1) is 0 Å². The molecule has 2 fully saturated rings. The van der Waals surface area contributed by atoms with E-state index in [1.165, 1.54) is 270 Å². The zero-order valence-corrected chi connectivity index (χ0v) is 55.3. The van der Waals surface area contributed by atoms with E-state index in [2.05, 4.69) is 31.3 Å². The minimum atomic E-state index is -1.79. The zero-order chi connectivity index (χ0) is 62.3. The number of carbonyl (C=O) groups excluding carboxylic acids is 1. The summed E-state index contributed by atoms with van der Waals surface area (Å²) in [5.41, 5.74) is 0. The molecule has 0 radical (unpaired) electrons. The van der Waals surface area contributed by atoms with Crippen molar-refractivity contribution in [3.8, 4) is 0 Å². The van der Waals surface area contributed by atoms with E-state index in [1.807, 2.05) is 6.08 Å². The Balaban J connectivity index is 1.50. The second kappa shape index (κ2) is 57.4. The minimum absolute atomic E-state index is 0.244. The van der Waals surface area contributed by atoms with Crippen molar-refractivity contribution in [3.05, 3.63) is 24.3 Å². The highest BCUT2D eigenvalue weighted by Crippen LogP contribution is 2.30. The highest BCUT2D eigenvalue weighted by molar-refractivity contribution is 5.76. The normalized spacial score (nSPS) is 23.5. The molecule has 0 aromatic rings. The Morgan fingerprint density at radius 2 is 0.744 bits per heavy atom. The first-order valence-electron chi connectivity index (χ1n) is 36.6. The molecule has 0 aliphatic carbocycles. The summed E-state index contributed by atoms with van der Waals surface area (Å²) in [4.78, 5) is 13.3. The Labute approximate surface area is 526 Å². The molecule has 14 heteroatoms. The molecule has 14 nitrogen and oxygen atoms in total. The lowest BCUT2D eigenvalue weighted by Gasteiger charge is -2.46. The molecule has 9 N–H and O–H groups in total. The fourth-order valence-electron chi connectivity index (χ4n) is 12.3. The second-order valence-electron chi connectivity index (χ2n) is 26.1. The lowest BCUT2D eigenvalue weighted by Crippen LogP contribution is -2.65. The quantitative estimate of drug-likeness (QED) is 0.0204. The second-order valence-corrected chi connectivity index (χ2v) is 26.1. The van der Waals surface area contributed by atoms with Gasteiger partial charge < -0.3 is 65.1 Å². The van der Waals surface area contributed by atoms with Crippen LogP contribution in [0.2, 0.25) is 0 Å². The van der Waals surface area contributed by atoms with Crippen LogP contribution in [0.3, 0.4) is 0 Å². The van der Waals surface area contributed by atoms with Crippen LogP contribution in [-0.2, 0) is 23.7 Å². The summed E-state index contributed by atoms with van der Waals surface area (Å²) < 4.78 is 22.8. The van der Waals surface area contributed by atoms with E-state index in [0.717, 1.165) is 32.1 Å². The van der Waals surface area contributed by atoms with Gasteiger partial charge in [0.1, 0.15) is 48.8 Å². The smallest absolute Gasteiger partial charge is 0.220 e. The number of unbranched alkanes of at least 4 members (excludes halogenated alkanes) is 46. The van der Waals surface area contributed by atoms with Gasteiger partial charge in [0.2, 0.25) is 5.91 Å². The predicted octanol–water partition coefficient (Wildman–Crippen LogP) is 15.1. The number of hydrogen-bond acceptors (Lipinski definition) is 13. The number of rotatable bonds is 61. The molecule has 2 aliphatic rings. The monoisotopic (exact) mass is 1220 g/mol. The number of nitrogens with one attached hydrogen (secondary N) is 1. The number of carbonyl (C=O) groups is 1. The maximum absolute atomic E-state index is 13.3. The lowest BCUT2D eigenvalue weighted by molar-refractivity contribution is -0.359. The number of ether oxygens (including phenoxy) is 4. The molecule has 1 amide bonds. The molecule has 0 saturated carbocycles. The number of allylic oxidation sites excluding steroid dienone is 3. The summed E-state index contributed by atoms with van der Waals surface area (Å²) >= 11 is 0. The molecule has 2 aliphatic heterocycles. The van der Waals surface area contributed by atoms with Crippen molar-refractivity contribution in [2.75, 3.05) is 19.8 Å². The molecule has 508 valence electrons. The van der Waals surface area contributed by atoms with Crippen LogP contribution in [0.15, 0.2) is 24.3 Å². The third-order valence-corrected chi connectivity index (χ3v) is 18.1. The maximum atomic E-state index is 13.3. The molecule has 0 bridgehead atoms. The number of hydrogen-bond donors (Lipinski definition) is 9. The largest absolute Gasteiger partial charge is 0.394 e. The average Bonchev–Trinajstić information content (AvgIpc) is 2.16. The summed E-state index contributed by atoms with van der Waals surface area (Å²) in [6.45, 7) is 2.78. The van der Waals surface area contributed by atoms with Crippen molar-refractivity contribution in [1.29, 1.82) is 0 Å². The van der Waals surface area contributed by atoms with E-state index >= 15 is 0 Å². The molecule has 86 heavy (non-hydrogen) atoms. The fourth-order valence-corrected chi connectivity index (χ4v) is 12.3. The first-order chi connectivity index (χ1) is 42.1. The van der Waals surface area contributed by atoms with Crippen LogP contribution in [0.5, 0.6) is 0 Å². The third-order valence-electron chi connectivity index (χ3n) is 18.1. The summed E-state index contributed by atoms with van der Waals surface area (Å²) in [6.07, 6.45) is 56.0. The van der Waals surface area contributed by atoms with Crippen molar-refractivity contribution >= 4 is 5.91 Å².